The number of thioether (sulfide) groups is 1. The van der Waals surface area contributed by atoms with E-state index in [1.807, 2.05) is 31.2 Å². The molecule has 1 heterocycles. The SMILES string of the molecule is CCn1c(=O)cc(SCC(=O)NC2CCCCC2)c2ccccc21. The summed E-state index contributed by atoms with van der Waals surface area (Å²) in [5, 5.41) is 4.17. The maximum atomic E-state index is 12.3. The van der Waals surface area contributed by atoms with Crippen molar-refractivity contribution in [2.75, 3.05) is 5.75 Å². The van der Waals surface area contributed by atoms with Crippen LogP contribution in [0.15, 0.2) is 40.0 Å². The van der Waals surface area contributed by atoms with Crippen molar-refractivity contribution in [3.8, 4) is 0 Å². The zero-order valence-corrected chi connectivity index (χ0v) is 14.9. The third-order valence-electron chi connectivity index (χ3n) is 4.63. The first-order chi connectivity index (χ1) is 11.7. The number of hydrogen-bond acceptors (Lipinski definition) is 3. The number of aryl methyl sites for hydroxylation is 1. The lowest BCUT2D eigenvalue weighted by molar-refractivity contribution is -0.119. The van der Waals surface area contributed by atoms with Crippen LogP contribution in [0.5, 0.6) is 0 Å². The van der Waals surface area contributed by atoms with Crippen molar-refractivity contribution in [3.63, 3.8) is 0 Å². The molecule has 2 aromatic rings. The van der Waals surface area contributed by atoms with Gasteiger partial charge in [0.1, 0.15) is 0 Å². The number of nitrogens with zero attached hydrogens (tertiary/aromatic N) is 1. The highest BCUT2D eigenvalue weighted by Crippen LogP contribution is 2.26. The van der Waals surface area contributed by atoms with Crippen LogP contribution in [-0.4, -0.2) is 22.3 Å². The van der Waals surface area contributed by atoms with Crippen LogP contribution in [0.4, 0.5) is 0 Å². The Balaban J connectivity index is 1.73. The smallest absolute Gasteiger partial charge is 0.252 e. The Labute approximate surface area is 146 Å². The number of amides is 1. The van der Waals surface area contributed by atoms with Gasteiger partial charge in [0, 0.05) is 28.9 Å². The van der Waals surface area contributed by atoms with E-state index in [1.165, 1.54) is 31.0 Å². The van der Waals surface area contributed by atoms with Gasteiger partial charge in [-0.2, -0.15) is 0 Å². The van der Waals surface area contributed by atoms with Gasteiger partial charge in [-0.1, -0.05) is 37.5 Å². The minimum Gasteiger partial charge on any atom is -0.353 e. The van der Waals surface area contributed by atoms with Gasteiger partial charge in [0.2, 0.25) is 5.91 Å². The third kappa shape index (κ3) is 3.83. The van der Waals surface area contributed by atoms with Crippen molar-refractivity contribution >= 4 is 28.6 Å². The molecule has 0 radical (unpaired) electrons. The van der Waals surface area contributed by atoms with Crippen molar-refractivity contribution in [3.05, 3.63) is 40.7 Å². The van der Waals surface area contributed by atoms with Crippen LogP contribution in [0.1, 0.15) is 39.0 Å². The number of para-hydroxylation sites is 1. The van der Waals surface area contributed by atoms with Crippen LogP contribution >= 0.6 is 11.8 Å². The maximum Gasteiger partial charge on any atom is 0.252 e. The minimum atomic E-state index is -0.00797. The first kappa shape index (κ1) is 17.1. The molecule has 1 amide bonds. The lowest BCUT2D eigenvalue weighted by Crippen LogP contribution is -2.37. The highest BCUT2D eigenvalue weighted by atomic mass is 32.2. The van der Waals surface area contributed by atoms with Crippen molar-refractivity contribution in [1.82, 2.24) is 9.88 Å². The molecule has 0 aliphatic heterocycles. The summed E-state index contributed by atoms with van der Waals surface area (Å²) < 4.78 is 1.77. The molecule has 0 atom stereocenters. The quantitative estimate of drug-likeness (QED) is 0.844. The van der Waals surface area contributed by atoms with Crippen LogP contribution < -0.4 is 10.9 Å². The average molecular weight is 344 g/mol. The first-order valence-corrected chi connectivity index (χ1v) is 9.72. The normalized spacial score (nSPS) is 15.5. The molecule has 3 rings (SSSR count). The summed E-state index contributed by atoms with van der Waals surface area (Å²) in [6, 6.07) is 9.88. The van der Waals surface area contributed by atoms with E-state index in [2.05, 4.69) is 5.32 Å². The Kier molecular flexibility index (Phi) is 5.61. The summed E-state index contributed by atoms with van der Waals surface area (Å²) in [5.41, 5.74) is 0.925. The lowest BCUT2D eigenvalue weighted by atomic mass is 9.95. The molecule has 1 fully saturated rings. The second kappa shape index (κ2) is 7.88. The molecule has 0 unspecified atom stereocenters. The maximum absolute atomic E-state index is 12.3. The molecular weight excluding hydrogens is 320 g/mol. The molecule has 5 heteroatoms. The van der Waals surface area contributed by atoms with Gasteiger partial charge in [0.15, 0.2) is 0 Å². The molecule has 1 N–H and O–H groups in total. The zero-order valence-electron chi connectivity index (χ0n) is 14.1. The number of hydrogen-bond donors (Lipinski definition) is 1. The number of pyridine rings is 1. The van der Waals surface area contributed by atoms with Crippen molar-refractivity contribution in [2.24, 2.45) is 0 Å². The molecule has 1 aromatic carbocycles. The van der Waals surface area contributed by atoms with E-state index in [0.717, 1.165) is 28.6 Å². The van der Waals surface area contributed by atoms with E-state index < -0.39 is 0 Å². The van der Waals surface area contributed by atoms with Crippen LogP contribution in [-0.2, 0) is 11.3 Å². The van der Waals surface area contributed by atoms with Gasteiger partial charge in [0.25, 0.3) is 5.56 Å². The molecule has 4 nitrogen and oxygen atoms in total. The highest BCUT2D eigenvalue weighted by molar-refractivity contribution is 8.00. The molecule has 128 valence electrons. The summed E-state index contributed by atoms with van der Waals surface area (Å²) in [4.78, 5) is 25.4. The van der Waals surface area contributed by atoms with E-state index >= 15 is 0 Å². The van der Waals surface area contributed by atoms with Gasteiger partial charge in [0.05, 0.1) is 11.3 Å². The molecule has 0 spiro atoms. The van der Waals surface area contributed by atoms with Crippen LogP contribution in [0.2, 0.25) is 0 Å². The van der Waals surface area contributed by atoms with E-state index in [0.29, 0.717) is 18.3 Å². The molecule has 1 saturated carbocycles. The standard InChI is InChI=1S/C19H24N2O2S/c1-2-21-16-11-7-6-10-15(16)17(12-19(21)23)24-13-18(22)20-14-8-4-3-5-9-14/h6-7,10-12,14H,2-5,8-9,13H2,1H3,(H,20,22). The van der Waals surface area contributed by atoms with Gasteiger partial charge in [-0.15, -0.1) is 11.8 Å². The molecular formula is C19H24N2O2S. The number of fused-ring (bicyclic) bond motifs is 1. The molecule has 1 aliphatic carbocycles. The second-order valence-electron chi connectivity index (χ2n) is 6.30. The van der Waals surface area contributed by atoms with E-state index in [9.17, 15) is 9.59 Å². The molecule has 0 bridgehead atoms. The zero-order chi connectivity index (χ0) is 16.9. The van der Waals surface area contributed by atoms with Gasteiger partial charge in [-0.3, -0.25) is 9.59 Å². The fourth-order valence-electron chi connectivity index (χ4n) is 3.41. The predicted octanol–water partition coefficient (Wildman–Crippen LogP) is 3.56. The lowest BCUT2D eigenvalue weighted by Gasteiger charge is -2.22. The minimum absolute atomic E-state index is 0.00797. The number of carbonyl (C=O) groups excluding carboxylic acids is 1. The van der Waals surface area contributed by atoms with Gasteiger partial charge >= 0.3 is 0 Å². The van der Waals surface area contributed by atoms with Crippen molar-refractivity contribution < 1.29 is 4.79 Å². The first-order valence-electron chi connectivity index (χ1n) is 8.74. The summed E-state index contributed by atoms with van der Waals surface area (Å²) in [6.07, 6.45) is 5.87. The van der Waals surface area contributed by atoms with Crippen LogP contribution in [0.25, 0.3) is 10.9 Å². The van der Waals surface area contributed by atoms with Gasteiger partial charge in [-0.25, -0.2) is 0 Å². The molecule has 1 aliphatic rings. The molecule has 1 aromatic heterocycles. The number of rotatable bonds is 5. The Morgan fingerprint density at radius 3 is 2.75 bits per heavy atom. The highest BCUT2D eigenvalue weighted by Gasteiger charge is 2.16. The Morgan fingerprint density at radius 2 is 2.00 bits per heavy atom. The summed E-state index contributed by atoms with van der Waals surface area (Å²) in [6.45, 7) is 2.62. The van der Waals surface area contributed by atoms with E-state index in [4.69, 9.17) is 0 Å². The number of benzene rings is 1. The van der Waals surface area contributed by atoms with E-state index in [-0.39, 0.29) is 11.5 Å². The van der Waals surface area contributed by atoms with E-state index in [1.54, 1.807) is 10.6 Å². The number of nitrogens with one attached hydrogen (secondary N) is 1. The third-order valence-corrected chi connectivity index (χ3v) is 5.68. The molecule has 24 heavy (non-hydrogen) atoms. The van der Waals surface area contributed by atoms with Crippen molar-refractivity contribution in [2.45, 2.75) is 56.5 Å². The number of aromatic nitrogens is 1. The van der Waals surface area contributed by atoms with Crippen LogP contribution in [0, 0.1) is 0 Å². The summed E-state index contributed by atoms with van der Waals surface area (Å²) in [5.74, 6) is 0.423. The second-order valence-corrected chi connectivity index (χ2v) is 7.32. The summed E-state index contributed by atoms with van der Waals surface area (Å²) in [7, 11) is 0. The largest absolute Gasteiger partial charge is 0.353 e. The Bertz CT molecular complexity index is 779. The topological polar surface area (TPSA) is 51.1 Å². The monoisotopic (exact) mass is 344 g/mol. The fourth-order valence-corrected chi connectivity index (χ4v) is 4.29. The average Bonchev–Trinajstić information content (AvgIpc) is 2.60. The summed E-state index contributed by atoms with van der Waals surface area (Å²) >= 11 is 1.45. The Hall–Kier alpha value is -1.75. The van der Waals surface area contributed by atoms with Crippen molar-refractivity contribution in [1.29, 1.82) is 0 Å². The number of carbonyl (C=O) groups is 1. The van der Waals surface area contributed by atoms with Crippen LogP contribution in [0.3, 0.4) is 0 Å². The fraction of sp³-hybridized carbons (Fsp3) is 0.474. The predicted molar refractivity (Wildman–Crippen MR) is 99.6 cm³/mol. The van der Waals surface area contributed by atoms with Gasteiger partial charge < -0.3 is 9.88 Å². The Morgan fingerprint density at radius 1 is 1.25 bits per heavy atom. The molecule has 0 saturated heterocycles. The van der Waals surface area contributed by atoms with Gasteiger partial charge in [-0.05, 0) is 25.8 Å².